The average Bonchev–Trinajstić information content (AvgIpc) is 2.94. The first kappa shape index (κ1) is 13.8. The molecule has 1 aromatic heterocycles. The van der Waals surface area contributed by atoms with Gasteiger partial charge in [0.25, 0.3) is 5.91 Å². The van der Waals surface area contributed by atoms with Gasteiger partial charge in [-0.1, -0.05) is 6.07 Å². The molecular formula is C14H15N3O3. The van der Waals surface area contributed by atoms with Gasteiger partial charge in [0.15, 0.2) is 5.76 Å². The molecule has 0 bridgehead atoms. The molecule has 0 aliphatic carbocycles. The van der Waals surface area contributed by atoms with Crippen molar-refractivity contribution in [2.45, 2.75) is 6.42 Å². The fourth-order valence-corrected chi connectivity index (χ4v) is 1.86. The number of furan rings is 1. The van der Waals surface area contributed by atoms with Crippen molar-refractivity contribution in [1.82, 2.24) is 0 Å². The molecule has 1 aromatic carbocycles. The van der Waals surface area contributed by atoms with Crippen LogP contribution in [-0.2, 0) is 6.42 Å². The molecule has 20 heavy (non-hydrogen) atoms. The van der Waals surface area contributed by atoms with Crippen molar-refractivity contribution in [3.63, 3.8) is 0 Å². The van der Waals surface area contributed by atoms with Crippen molar-refractivity contribution in [3.8, 4) is 0 Å². The van der Waals surface area contributed by atoms with Gasteiger partial charge < -0.3 is 21.2 Å². The van der Waals surface area contributed by atoms with E-state index in [0.717, 1.165) is 5.56 Å². The Labute approximate surface area is 115 Å². The van der Waals surface area contributed by atoms with Crippen molar-refractivity contribution < 1.29 is 14.0 Å². The molecule has 5 N–H and O–H groups in total. The standard InChI is InChI=1S/C14H15N3O3/c15-6-5-9-3-4-10(8-11(9)13(16)18)17-14(19)12-2-1-7-20-12/h1-4,7-8H,5-6,15H2,(H2,16,18)(H,17,19). The molecule has 2 rings (SSSR count). The van der Waals surface area contributed by atoms with E-state index in [1.165, 1.54) is 12.3 Å². The predicted molar refractivity (Wildman–Crippen MR) is 74.4 cm³/mol. The SMILES string of the molecule is NCCc1ccc(NC(=O)c2ccco2)cc1C(N)=O. The Balaban J connectivity index is 2.23. The van der Waals surface area contributed by atoms with Crippen LogP contribution in [0, 0.1) is 0 Å². The molecule has 2 aromatic rings. The van der Waals surface area contributed by atoms with E-state index in [2.05, 4.69) is 5.32 Å². The van der Waals surface area contributed by atoms with Crippen LogP contribution in [0.1, 0.15) is 26.5 Å². The second-order valence-electron chi connectivity index (χ2n) is 4.21. The van der Waals surface area contributed by atoms with Crippen LogP contribution >= 0.6 is 0 Å². The lowest BCUT2D eigenvalue weighted by atomic mass is 10.0. The molecule has 0 spiro atoms. The molecular weight excluding hydrogens is 258 g/mol. The lowest BCUT2D eigenvalue weighted by Gasteiger charge is -2.09. The maximum atomic E-state index is 11.8. The van der Waals surface area contributed by atoms with E-state index in [1.807, 2.05) is 0 Å². The third kappa shape index (κ3) is 3.04. The van der Waals surface area contributed by atoms with Crippen molar-refractivity contribution in [3.05, 3.63) is 53.5 Å². The molecule has 0 fully saturated rings. The number of anilines is 1. The van der Waals surface area contributed by atoms with Crippen molar-refractivity contribution >= 4 is 17.5 Å². The van der Waals surface area contributed by atoms with Crippen LogP contribution in [0.2, 0.25) is 0 Å². The van der Waals surface area contributed by atoms with E-state index in [-0.39, 0.29) is 5.76 Å². The highest BCUT2D eigenvalue weighted by molar-refractivity contribution is 6.03. The van der Waals surface area contributed by atoms with Gasteiger partial charge >= 0.3 is 0 Å². The first-order chi connectivity index (χ1) is 9.61. The smallest absolute Gasteiger partial charge is 0.291 e. The normalized spacial score (nSPS) is 10.2. The zero-order valence-electron chi connectivity index (χ0n) is 10.8. The zero-order chi connectivity index (χ0) is 14.5. The number of nitrogens with two attached hydrogens (primary N) is 2. The highest BCUT2D eigenvalue weighted by Gasteiger charge is 2.12. The Kier molecular flexibility index (Phi) is 4.17. The lowest BCUT2D eigenvalue weighted by molar-refractivity contribution is 0.0988. The van der Waals surface area contributed by atoms with Crippen LogP contribution in [0.4, 0.5) is 5.69 Å². The van der Waals surface area contributed by atoms with Crippen LogP contribution in [-0.4, -0.2) is 18.4 Å². The summed E-state index contributed by atoms with van der Waals surface area (Å²) in [5, 5.41) is 2.64. The summed E-state index contributed by atoms with van der Waals surface area (Å²) in [5.74, 6) is -0.754. The second-order valence-corrected chi connectivity index (χ2v) is 4.21. The molecule has 0 unspecified atom stereocenters. The summed E-state index contributed by atoms with van der Waals surface area (Å²) in [5.41, 5.74) is 12.4. The maximum absolute atomic E-state index is 11.8. The van der Waals surface area contributed by atoms with E-state index in [0.29, 0.717) is 24.2 Å². The van der Waals surface area contributed by atoms with Gasteiger partial charge in [-0.25, -0.2) is 0 Å². The lowest BCUT2D eigenvalue weighted by Crippen LogP contribution is -2.17. The Morgan fingerprint density at radius 3 is 2.65 bits per heavy atom. The second kappa shape index (κ2) is 6.03. The summed E-state index contributed by atoms with van der Waals surface area (Å²) in [6, 6.07) is 8.12. The van der Waals surface area contributed by atoms with E-state index < -0.39 is 11.8 Å². The maximum Gasteiger partial charge on any atom is 0.291 e. The first-order valence-corrected chi connectivity index (χ1v) is 6.09. The summed E-state index contributed by atoms with van der Waals surface area (Å²) in [6.45, 7) is 0.415. The molecule has 2 amide bonds. The molecule has 6 heteroatoms. The van der Waals surface area contributed by atoms with Crippen LogP contribution in [0.3, 0.4) is 0 Å². The van der Waals surface area contributed by atoms with Gasteiger partial charge in [0.2, 0.25) is 5.91 Å². The van der Waals surface area contributed by atoms with Crippen molar-refractivity contribution in [2.75, 3.05) is 11.9 Å². The number of primary amides is 1. The number of carbonyl (C=O) groups excluding carboxylic acids is 2. The minimum atomic E-state index is -0.553. The van der Waals surface area contributed by atoms with Crippen LogP contribution in [0.15, 0.2) is 41.0 Å². The highest BCUT2D eigenvalue weighted by atomic mass is 16.3. The molecule has 0 saturated heterocycles. The molecule has 6 nitrogen and oxygen atoms in total. The first-order valence-electron chi connectivity index (χ1n) is 6.09. The van der Waals surface area contributed by atoms with Crippen LogP contribution < -0.4 is 16.8 Å². The third-order valence-corrected chi connectivity index (χ3v) is 2.79. The Bertz CT molecular complexity index is 621. The topological polar surface area (TPSA) is 111 Å². The van der Waals surface area contributed by atoms with E-state index in [9.17, 15) is 9.59 Å². The minimum Gasteiger partial charge on any atom is -0.459 e. The molecule has 0 radical (unpaired) electrons. The van der Waals surface area contributed by atoms with Gasteiger partial charge in [0.1, 0.15) is 0 Å². The fourth-order valence-electron chi connectivity index (χ4n) is 1.86. The highest BCUT2D eigenvalue weighted by Crippen LogP contribution is 2.17. The summed E-state index contributed by atoms with van der Waals surface area (Å²) >= 11 is 0. The van der Waals surface area contributed by atoms with Crippen molar-refractivity contribution in [2.24, 2.45) is 11.5 Å². The van der Waals surface area contributed by atoms with Gasteiger partial charge in [-0.2, -0.15) is 0 Å². The number of hydrogen-bond acceptors (Lipinski definition) is 4. The third-order valence-electron chi connectivity index (χ3n) is 2.79. The molecule has 0 aliphatic rings. The monoisotopic (exact) mass is 273 g/mol. The Morgan fingerprint density at radius 1 is 1.25 bits per heavy atom. The van der Waals surface area contributed by atoms with E-state index >= 15 is 0 Å². The summed E-state index contributed by atoms with van der Waals surface area (Å²) in [7, 11) is 0. The summed E-state index contributed by atoms with van der Waals surface area (Å²) < 4.78 is 4.99. The number of benzene rings is 1. The summed E-state index contributed by atoms with van der Waals surface area (Å²) in [6.07, 6.45) is 1.96. The van der Waals surface area contributed by atoms with Crippen molar-refractivity contribution in [1.29, 1.82) is 0 Å². The Hall–Kier alpha value is -2.60. The average molecular weight is 273 g/mol. The number of nitrogens with one attached hydrogen (secondary N) is 1. The fraction of sp³-hybridized carbons (Fsp3) is 0.143. The largest absolute Gasteiger partial charge is 0.459 e. The Morgan fingerprint density at radius 2 is 2.05 bits per heavy atom. The predicted octanol–water partition coefficient (Wildman–Crippen LogP) is 1.13. The number of rotatable bonds is 5. The molecule has 0 aliphatic heterocycles. The van der Waals surface area contributed by atoms with Gasteiger partial charge in [-0.05, 0) is 42.8 Å². The van der Waals surface area contributed by atoms with Gasteiger partial charge in [0.05, 0.1) is 6.26 Å². The molecule has 0 saturated carbocycles. The van der Waals surface area contributed by atoms with E-state index in [1.54, 1.807) is 24.3 Å². The van der Waals surface area contributed by atoms with Crippen LogP contribution in [0.25, 0.3) is 0 Å². The number of amides is 2. The van der Waals surface area contributed by atoms with Gasteiger partial charge in [-0.15, -0.1) is 0 Å². The van der Waals surface area contributed by atoms with Gasteiger partial charge in [-0.3, -0.25) is 9.59 Å². The minimum absolute atomic E-state index is 0.191. The summed E-state index contributed by atoms with van der Waals surface area (Å²) in [4.78, 5) is 23.2. The van der Waals surface area contributed by atoms with E-state index in [4.69, 9.17) is 15.9 Å². The number of hydrogen-bond donors (Lipinski definition) is 3. The quantitative estimate of drug-likeness (QED) is 0.758. The van der Waals surface area contributed by atoms with Gasteiger partial charge in [0, 0.05) is 11.3 Å². The zero-order valence-corrected chi connectivity index (χ0v) is 10.8. The molecule has 1 heterocycles. The molecule has 0 atom stereocenters. The van der Waals surface area contributed by atoms with Crippen LogP contribution in [0.5, 0.6) is 0 Å². The molecule has 104 valence electrons. The number of carbonyl (C=O) groups is 2.